The number of rotatable bonds is 6. The maximum Gasteiger partial charge on any atom is 0.216 e. The predicted molar refractivity (Wildman–Crippen MR) is 70.1 cm³/mol. The highest BCUT2D eigenvalue weighted by Gasteiger charge is 2.12. The highest BCUT2D eigenvalue weighted by molar-refractivity contribution is 7.88. The molecule has 0 saturated carbocycles. The summed E-state index contributed by atoms with van der Waals surface area (Å²) < 4.78 is 26.0. The zero-order valence-corrected chi connectivity index (χ0v) is 11.3. The molecule has 96 valence electrons. The van der Waals surface area contributed by atoms with Gasteiger partial charge in [-0.1, -0.05) is 24.3 Å². The summed E-state index contributed by atoms with van der Waals surface area (Å²) in [4.78, 5) is 0. The van der Waals surface area contributed by atoms with Crippen LogP contribution in [0.4, 0.5) is 0 Å². The summed E-state index contributed by atoms with van der Waals surface area (Å²) in [6, 6.07) is 7.52. The Morgan fingerprint density at radius 1 is 1.12 bits per heavy atom. The van der Waals surface area contributed by atoms with Gasteiger partial charge in [0.15, 0.2) is 0 Å². The molecule has 0 aromatic heterocycles. The first-order valence-electron chi connectivity index (χ1n) is 5.65. The van der Waals surface area contributed by atoms with E-state index in [1.165, 1.54) is 0 Å². The number of hydrogen-bond donors (Lipinski definition) is 2. The maximum atomic E-state index is 11.7. The van der Waals surface area contributed by atoms with Gasteiger partial charge in [0.2, 0.25) is 10.0 Å². The molecule has 1 rings (SSSR count). The van der Waals surface area contributed by atoms with Gasteiger partial charge in [0.25, 0.3) is 0 Å². The summed E-state index contributed by atoms with van der Waals surface area (Å²) in [7, 11) is -1.34. The van der Waals surface area contributed by atoms with Crippen LogP contribution in [0, 0.1) is 0 Å². The van der Waals surface area contributed by atoms with E-state index in [2.05, 4.69) is 10.0 Å². The molecular weight excluding hydrogens is 236 g/mol. The normalized spacial score (nSPS) is 12.0. The lowest BCUT2D eigenvalue weighted by atomic mass is 10.1. The molecule has 5 heteroatoms. The fourth-order valence-electron chi connectivity index (χ4n) is 1.58. The van der Waals surface area contributed by atoms with Crippen molar-refractivity contribution in [3.8, 4) is 0 Å². The Bertz CT molecular complexity index is 438. The summed E-state index contributed by atoms with van der Waals surface area (Å²) in [5.41, 5.74) is 1.95. The van der Waals surface area contributed by atoms with Gasteiger partial charge < -0.3 is 5.32 Å². The molecule has 1 aromatic carbocycles. The molecule has 17 heavy (non-hydrogen) atoms. The lowest BCUT2D eigenvalue weighted by molar-refractivity contribution is 0.569. The van der Waals surface area contributed by atoms with Crippen LogP contribution >= 0.6 is 0 Å². The number of benzene rings is 1. The monoisotopic (exact) mass is 256 g/mol. The van der Waals surface area contributed by atoms with Crippen molar-refractivity contribution in [2.24, 2.45) is 0 Å². The van der Waals surface area contributed by atoms with Crippen molar-refractivity contribution in [1.29, 1.82) is 0 Å². The second-order valence-electron chi connectivity index (χ2n) is 4.38. The van der Waals surface area contributed by atoms with Crippen molar-refractivity contribution in [1.82, 2.24) is 10.0 Å². The van der Waals surface area contributed by atoms with Gasteiger partial charge in [-0.15, -0.1) is 0 Å². The van der Waals surface area contributed by atoms with Gasteiger partial charge in [-0.25, -0.2) is 13.1 Å². The van der Waals surface area contributed by atoms with Crippen LogP contribution in [0.1, 0.15) is 25.0 Å². The lowest BCUT2D eigenvalue weighted by Crippen LogP contribution is -2.31. The van der Waals surface area contributed by atoms with Gasteiger partial charge in [0.05, 0.1) is 5.75 Å². The summed E-state index contributed by atoms with van der Waals surface area (Å²) in [6.07, 6.45) is 0. The largest absolute Gasteiger partial charge is 0.316 e. The topological polar surface area (TPSA) is 58.2 Å². The van der Waals surface area contributed by atoms with Crippen molar-refractivity contribution < 1.29 is 8.42 Å². The third-order valence-corrected chi connectivity index (χ3v) is 3.72. The summed E-state index contributed by atoms with van der Waals surface area (Å²) >= 11 is 0. The molecule has 0 aliphatic carbocycles. The van der Waals surface area contributed by atoms with E-state index in [1.54, 1.807) is 0 Å². The minimum absolute atomic E-state index is 0.0328. The van der Waals surface area contributed by atoms with Crippen LogP contribution in [0.5, 0.6) is 0 Å². The van der Waals surface area contributed by atoms with Gasteiger partial charge in [0.1, 0.15) is 0 Å². The minimum Gasteiger partial charge on any atom is -0.316 e. The van der Waals surface area contributed by atoms with E-state index >= 15 is 0 Å². The van der Waals surface area contributed by atoms with Crippen LogP contribution in [0.3, 0.4) is 0 Å². The summed E-state index contributed by atoms with van der Waals surface area (Å²) in [5, 5.41) is 3.05. The Hall–Kier alpha value is -0.910. The Kier molecular flexibility index (Phi) is 5.11. The molecule has 0 atom stereocenters. The van der Waals surface area contributed by atoms with Gasteiger partial charge in [-0.05, 0) is 32.0 Å². The van der Waals surface area contributed by atoms with Crippen molar-refractivity contribution in [3.05, 3.63) is 35.4 Å². The molecule has 0 fully saturated rings. The van der Waals surface area contributed by atoms with Gasteiger partial charge in [-0.2, -0.15) is 0 Å². The Balaban J connectivity index is 2.69. The van der Waals surface area contributed by atoms with E-state index in [0.717, 1.165) is 17.7 Å². The minimum atomic E-state index is -3.22. The molecule has 4 nitrogen and oxygen atoms in total. The van der Waals surface area contributed by atoms with Crippen LogP contribution in [0.2, 0.25) is 0 Å². The second kappa shape index (κ2) is 6.14. The molecular formula is C12H20N2O2S. The standard InChI is InChI=1S/C12H20N2O2S/c1-10(2)14-17(15,16)9-12-6-4-11(5-7-12)8-13-3/h4-7,10,13-14H,8-9H2,1-3H3. The van der Waals surface area contributed by atoms with Crippen molar-refractivity contribution >= 4 is 10.0 Å². The average Bonchev–Trinajstić information content (AvgIpc) is 2.18. The fraction of sp³-hybridized carbons (Fsp3) is 0.500. The van der Waals surface area contributed by atoms with Crippen LogP contribution < -0.4 is 10.0 Å². The quantitative estimate of drug-likeness (QED) is 0.805. The number of sulfonamides is 1. The molecule has 0 bridgehead atoms. The van der Waals surface area contributed by atoms with E-state index in [4.69, 9.17) is 0 Å². The van der Waals surface area contributed by atoms with Crippen molar-refractivity contribution in [3.63, 3.8) is 0 Å². The predicted octanol–water partition coefficient (Wildman–Crippen LogP) is 1.23. The average molecular weight is 256 g/mol. The zero-order chi connectivity index (χ0) is 12.9. The number of hydrogen-bond acceptors (Lipinski definition) is 3. The molecule has 1 aromatic rings. The van der Waals surface area contributed by atoms with E-state index < -0.39 is 10.0 Å². The Morgan fingerprint density at radius 2 is 1.65 bits per heavy atom. The van der Waals surface area contributed by atoms with Crippen LogP contribution in [-0.4, -0.2) is 21.5 Å². The molecule has 0 spiro atoms. The summed E-state index contributed by atoms with van der Waals surface area (Å²) in [5.74, 6) is 0.0328. The zero-order valence-electron chi connectivity index (χ0n) is 10.5. The molecule has 0 saturated heterocycles. The molecule has 0 heterocycles. The molecule has 0 radical (unpaired) electrons. The van der Waals surface area contributed by atoms with Gasteiger partial charge in [-0.3, -0.25) is 0 Å². The third kappa shape index (κ3) is 5.30. The Morgan fingerprint density at radius 3 is 2.12 bits per heavy atom. The lowest BCUT2D eigenvalue weighted by Gasteiger charge is -2.09. The van der Waals surface area contributed by atoms with E-state index in [0.29, 0.717) is 0 Å². The molecule has 0 aliphatic rings. The molecule has 0 unspecified atom stereocenters. The third-order valence-electron chi connectivity index (χ3n) is 2.18. The first-order valence-corrected chi connectivity index (χ1v) is 7.30. The first-order chi connectivity index (χ1) is 7.93. The highest BCUT2D eigenvalue weighted by atomic mass is 32.2. The smallest absolute Gasteiger partial charge is 0.216 e. The van der Waals surface area contributed by atoms with Crippen LogP contribution in [-0.2, 0) is 22.3 Å². The SMILES string of the molecule is CNCc1ccc(CS(=O)(=O)NC(C)C)cc1. The fourth-order valence-corrected chi connectivity index (χ4v) is 3.01. The molecule has 2 N–H and O–H groups in total. The molecule has 0 aliphatic heterocycles. The van der Waals surface area contributed by atoms with Crippen molar-refractivity contribution in [2.75, 3.05) is 7.05 Å². The van der Waals surface area contributed by atoms with Crippen LogP contribution in [0.15, 0.2) is 24.3 Å². The highest BCUT2D eigenvalue weighted by Crippen LogP contribution is 2.08. The van der Waals surface area contributed by atoms with Crippen molar-refractivity contribution in [2.45, 2.75) is 32.2 Å². The number of nitrogens with one attached hydrogen (secondary N) is 2. The van der Waals surface area contributed by atoms with Crippen LogP contribution in [0.25, 0.3) is 0 Å². The molecule has 0 amide bonds. The van der Waals surface area contributed by atoms with Gasteiger partial charge in [0, 0.05) is 12.6 Å². The first kappa shape index (κ1) is 14.2. The van der Waals surface area contributed by atoms with E-state index in [9.17, 15) is 8.42 Å². The second-order valence-corrected chi connectivity index (χ2v) is 6.13. The Labute approximate surface area is 103 Å². The summed E-state index contributed by atoms with van der Waals surface area (Å²) in [6.45, 7) is 4.42. The van der Waals surface area contributed by atoms with E-state index in [-0.39, 0.29) is 11.8 Å². The van der Waals surface area contributed by atoms with Gasteiger partial charge >= 0.3 is 0 Å². The van der Waals surface area contributed by atoms with E-state index in [1.807, 2.05) is 45.2 Å². The maximum absolute atomic E-state index is 11.7.